The summed E-state index contributed by atoms with van der Waals surface area (Å²) in [5.74, 6) is -1.19. The van der Waals surface area contributed by atoms with Crippen LogP contribution in [0.15, 0.2) is 34.9 Å². The third-order valence-electron chi connectivity index (χ3n) is 5.03. The zero-order valence-corrected chi connectivity index (χ0v) is 17.5. The number of sulfone groups is 1. The number of aromatic nitrogens is 2. The van der Waals surface area contributed by atoms with Gasteiger partial charge in [-0.3, -0.25) is 4.79 Å². The van der Waals surface area contributed by atoms with Crippen LogP contribution in [0.4, 0.5) is 0 Å². The average Bonchev–Trinajstić information content (AvgIpc) is 3.45. The van der Waals surface area contributed by atoms with E-state index in [4.69, 9.17) is 10.3 Å². The Balaban J connectivity index is 1.61. The molecule has 1 aliphatic carbocycles. The molecule has 3 N–H and O–H groups in total. The Hall–Kier alpha value is -2.59. The highest BCUT2D eigenvalue weighted by atomic mass is 32.2. The lowest BCUT2D eigenvalue weighted by Gasteiger charge is -2.22. The van der Waals surface area contributed by atoms with Crippen LogP contribution in [0.5, 0.6) is 0 Å². The van der Waals surface area contributed by atoms with Crippen molar-refractivity contribution in [3.05, 3.63) is 47.6 Å². The fraction of sp³-hybridized carbons (Fsp3) is 0.500. The maximum atomic E-state index is 12.5. The number of rotatable bonds is 11. The van der Waals surface area contributed by atoms with E-state index >= 15 is 0 Å². The van der Waals surface area contributed by atoms with Crippen LogP contribution in [0, 0.1) is 0 Å². The minimum Gasteiger partial charge on any atom is -0.351 e. The van der Waals surface area contributed by atoms with Crippen LogP contribution in [0.2, 0.25) is 0 Å². The molecule has 0 saturated heterocycles. The van der Waals surface area contributed by atoms with E-state index in [1.165, 1.54) is 0 Å². The Morgan fingerprint density at radius 3 is 2.63 bits per heavy atom. The Bertz CT molecular complexity index is 972. The van der Waals surface area contributed by atoms with Crippen LogP contribution < -0.4 is 11.1 Å². The summed E-state index contributed by atoms with van der Waals surface area (Å²) in [5, 5.41) is 6.57. The second kappa shape index (κ2) is 9.48. The first-order chi connectivity index (χ1) is 14.3. The summed E-state index contributed by atoms with van der Waals surface area (Å²) in [5.41, 5.74) is 6.49. The third-order valence-corrected chi connectivity index (χ3v) is 6.67. The van der Waals surface area contributed by atoms with Crippen LogP contribution in [0.3, 0.4) is 0 Å². The van der Waals surface area contributed by atoms with Crippen molar-refractivity contribution < 1.29 is 22.5 Å². The molecule has 9 nitrogen and oxygen atoms in total. The molecule has 1 fully saturated rings. The summed E-state index contributed by atoms with van der Waals surface area (Å²) < 4.78 is 30.0. The third kappa shape index (κ3) is 5.73. The van der Waals surface area contributed by atoms with Gasteiger partial charge in [-0.05, 0) is 24.8 Å². The van der Waals surface area contributed by atoms with E-state index in [-0.39, 0.29) is 17.6 Å². The number of carbonyl (C=O) groups excluding carboxylic acids is 2. The maximum absolute atomic E-state index is 12.5. The first kappa shape index (κ1) is 22.1. The molecule has 0 radical (unpaired) electrons. The molecule has 3 rings (SSSR count). The van der Waals surface area contributed by atoms with E-state index in [2.05, 4.69) is 15.5 Å². The molecule has 3 atom stereocenters. The molecule has 1 aliphatic rings. The summed E-state index contributed by atoms with van der Waals surface area (Å²) in [6, 6.07) is 6.79. The molecule has 2 aromatic rings. The van der Waals surface area contributed by atoms with Gasteiger partial charge in [0.05, 0.1) is 17.5 Å². The van der Waals surface area contributed by atoms with Crippen LogP contribution in [-0.4, -0.2) is 48.6 Å². The lowest BCUT2D eigenvalue weighted by atomic mass is 9.98. The van der Waals surface area contributed by atoms with E-state index in [0.29, 0.717) is 24.1 Å². The first-order valence-corrected chi connectivity index (χ1v) is 11.7. The van der Waals surface area contributed by atoms with Gasteiger partial charge in [-0.2, -0.15) is 4.98 Å². The van der Waals surface area contributed by atoms with Crippen LogP contribution in [-0.2, 0) is 25.2 Å². The number of hydrogen-bond acceptors (Lipinski definition) is 8. The topological polar surface area (TPSA) is 145 Å². The van der Waals surface area contributed by atoms with E-state index in [0.717, 1.165) is 12.8 Å². The van der Waals surface area contributed by atoms with Gasteiger partial charge in [-0.25, -0.2) is 8.42 Å². The largest absolute Gasteiger partial charge is 0.351 e. The van der Waals surface area contributed by atoms with Crippen molar-refractivity contribution in [3.8, 4) is 0 Å². The second-order valence-electron chi connectivity index (χ2n) is 7.60. The molecule has 1 aromatic carbocycles. The van der Waals surface area contributed by atoms with Gasteiger partial charge >= 0.3 is 0 Å². The lowest BCUT2D eigenvalue weighted by Crippen LogP contribution is -2.50. The number of hydrogen-bond donors (Lipinski definition) is 2. The van der Waals surface area contributed by atoms with Crippen molar-refractivity contribution in [1.29, 1.82) is 0 Å². The fourth-order valence-corrected chi connectivity index (χ4v) is 4.70. The highest BCUT2D eigenvalue weighted by Crippen LogP contribution is 2.38. The monoisotopic (exact) mass is 434 g/mol. The number of benzene rings is 1. The highest BCUT2D eigenvalue weighted by molar-refractivity contribution is 7.90. The molecule has 1 amide bonds. The molecule has 1 heterocycles. The molecule has 0 bridgehead atoms. The maximum Gasteiger partial charge on any atom is 0.239 e. The number of nitrogens with one attached hydrogen (secondary N) is 1. The van der Waals surface area contributed by atoms with E-state index in [9.17, 15) is 18.0 Å². The van der Waals surface area contributed by atoms with E-state index < -0.39 is 39.5 Å². The van der Waals surface area contributed by atoms with Crippen molar-refractivity contribution in [3.63, 3.8) is 0 Å². The molecule has 30 heavy (non-hydrogen) atoms. The van der Waals surface area contributed by atoms with Gasteiger partial charge in [-0.15, -0.1) is 0 Å². The normalized spacial score (nSPS) is 17.1. The standard InChI is InChI=1S/C20H26N4O5S/c1-2-17(15(10-25)20-23-18(24-29-20)14-8-9-14)22-19(26)16(21)12-30(27,28)11-13-6-4-3-5-7-13/h3-7,10,14-17H,2,8-9,11-12,21H2,1H3,(H,22,26)/t15?,16-,17-/m0/s1. The van der Waals surface area contributed by atoms with Crippen molar-refractivity contribution in [2.75, 3.05) is 5.75 Å². The smallest absolute Gasteiger partial charge is 0.239 e. The minimum atomic E-state index is -3.59. The van der Waals surface area contributed by atoms with Crippen molar-refractivity contribution >= 4 is 22.0 Å². The van der Waals surface area contributed by atoms with Crippen molar-refractivity contribution in [1.82, 2.24) is 15.5 Å². The van der Waals surface area contributed by atoms with Gasteiger partial charge in [0.1, 0.15) is 12.2 Å². The molecule has 162 valence electrons. The van der Waals surface area contributed by atoms with Crippen LogP contribution >= 0.6 is 0 Å². The predicted octanol–water partition coefficient (Wildman–Crippen LogP) is 1.07. The second-order valence-corrected chi connectivity index (χ2v) is 9.71. The molecule has 10 heteroatoms. The number of amides is 1. The summed E-state index contributed by atoms with van der Waals surface area (Å²) >= 11 is 0. The van der Waals surface area contributed by atoms with Gasteiger partial charge in [0.2, 0.25) is 11.8 Å². The fourth-order valence-electron chi connectivity index (χ4n) is 3.19. The number of nitrogens with zero attached hydrogens (tertiary/aromatic N) is 2. The van der Waals surface area contributed by atoms with Crippen molar-refractivity contribution in [2.24, 2.45) is 5.73 Å². The molecule has 1 saturated carbocycles. The van der Waals surface area contributed by atoms with Crippen LogP contribution in [0.1, 0.15) is 55.3 Å². The van der Waals surface area contributed by atoms with Gasteiger partial charge in [0, 0.05) is 12.0 Å². The predicted molar refractivity (Wildman–Crippen MR) is 109 cm³/mol. The average molecular weight is 435 g/mol. The molecular weight excluding hydrogens is 408 g/mol. The van der Waals surface area contributed by atoms with Crippen molar-refractivity contribution in [2.45, 2.75) is 55.9 Å². The minimum absolute atomic E-state index is 0.143. The molecule has 0 spiro atoms. The SMILES string of the molecule is CC[C@H](NC(=O)[C@@H](N)CS(=O)(=O)Cc1ccccc1)C(C=O)c1nc(C2CC2)no1. The highest BCUT2D eigenvalue weighted by Gasteiger charge is 2.34. The Morgan fingerprint density at radius 1 is 1.33 bits per heavy atom. The summed E-state index contributed by atoms with van der Waals surface area (Å²) in [4.78, 5) is 28.5. The quantitative estimate of drug-likeness (QED) is 0.499. The van der Waals surface area contributed by atoms with E-state index in [1.807, 2.05) is 0 Å². The Kier molecular flexibility index (Phi) is 6.99. The van der Waals surface area contributed by atoms with E-state index in [1.54, 1.807) is 37.3 Å². The van der Waals surface area contributed by atoms with Gasteiger partial charge in [-0.1, -0.05) is 42.4 Å². The number of aldehydes is 1. The van der Waals surface area contributed by atoms with Gasteiger partial charge in [0.25, 0.3) is 0 Å². The van der Waals surface area contributed by atoms with Gasteiger partial charge in [0.15, 0.2) is 15.7 Å². The molecule has 0 aliphatic heterocycles. The zero-order valence-electron chi connectivity index (χ0n) is 16.7. The molecule has 1 aromatic heterocycles. The summed E-state index contributed by atoms with van der Waals surface area (Å²) in [6.45, 7) is 1.79. The molecule has 1 unspecified atom stereocenters. The lowest BCUT2D eigenvalue weighted by molar-refractivity contribution is -0.123. The summed E-state index contributed by atoms with van der Waals surface area (Å²) in [7, 11) is -3.59. The Morgan fingerprint density at radius 2 is 2.03 bits per heavy atom. The first-order valence-electron chi connectivity index (χ1n) is 9.92. The number of nitrogens with two attached hydrogens (primary N) is 1. The zero-order chi connectivity index (χ0) is 21.7. The Labute approximate surface area is 175 Å². The summed E-state index contributed by atoms with van der Waals surface area (Å²) in [6.07, 6.45) is 3.03. The number of carbonyl (C=O) groups is 2. The molecular formula is C20H26N4O5S. The van der Waals surface area contributed by atoms with Crippen LogP contribution in [0.25, 0.3) is 0 Å². The van der Waals surface area contributed by atoms with Gasteiger partial charge < -0.3 is 20.4 Å².